The van der Waals surface area contributed by atoms with E-state index in [9.17, 15) is 9.59 Å². The van der Waals surface area contributed by atoms with Crippen LogP contribution in [-0.2, 0) is 0 Å². The van der Waals surface area contributed by atoms with Crippen LogP contribution in [0, 0.1) is 0 Å². The largest absolute Gasteiger partial charge is 0.488 e. The van der Waals surface area contributed by atoms with Gasteiger partial charge in [-0.1, -0.05) is 24.8 Å². The van der Waals surface area contributed by atoms with Crippen LogP contribution in [-0.4, -0.2) is 22.5 Å². The first-order valence-electron chi connectivity index (χ1n) is 7.42. The van der Waals surface area contributed by atoms with Crippen molar-refractivity contribution in [1.29, 1.82) is 0 Å². The van der Waals surface area contributed by atoms with Gasteiger partial charge in [-0.05, 0) is 51.8 Å². The molecular weight excluding hydrogens is 386 g/mol. The van der Waals surface area contributed by atoms with Crippen molar-refractivity contribution >= 4 is 33.0 Å². The predicted molar refractivity (Wildman–Crippen MR) is 102 cm³/mol. The maximum absolute atomic E-state index is 12.4. The van der Waals surface area contributed by atoms with E-state index in [1.165, 1.54) is 6.21 Å². The third-order valence-corrected chi connectivity index (χ3v) is 4.04. The molecule has 1 N–H and O–H groups in total. The molecule has 0 spiro atoms. The zero-order valence-corrected chi connectivity index (χ0v) is 14.7. The molecule has 6 nitrogen and oxygen atoms in total. The fourth-order valence-electron chi connectivity index (χ4n) is 2.25. The highest BCUT2D eigenvalue weighted by Crippen LogP contribution is 2.25. The Balaban J connectivity index is 1.96. The van der Waals surface area contributed by atoms with E-state index in [4.69, 9.17) is 4.74 Å². The van der Waals surface area contributed by atoms with Gasteiger partial charge in [0.25, 0.3) is 5.56 Å². The number of para-hydroxylation sites is 1. The van der Waals surface area contributed by atoms with Crippen LogP contribution in [0.2, 0.25) is 0 Å². The fourth-order valence-corrected chi connectivity index (χ4v) is 2.76. The Morgan fingerprint density at radius 1 is 1.24 bits per heavy atom. The Labute approximate surface area is 151 Å². The summed E-state index contributed by atoms with van der Waals surface area (Å²) >= 11 is 3.41. The highest BCUT2D eigenvalue weighted by molar-refractivity contribution is 9.10. The van der Waals surface area contributed by atoms with Crippen LogP contribution in [0.1, 0.15) is 5.56 Å². The van der Waals surface area contributed by atoms with Crippen molar-refractivity contribution in [2.75, 3.05) is 6.61 Å². The lowest BCUT2D eigenvalue weighted by molar-refractivity contribution is 0.361. The lowest BCUT2D eigenvalue weighted by Crippen LogP contribution is -2.32. The molecule has 0 aliphatic heterocycles. The lowest BCUT2D eigenvalue weighted by atomic mass is 10.2. The molecule has 0 radical (unpaired) electrons. The Bertz CT molecular complexity index is 1080. The van der Waals surface area contributed by atoms with Crippen LogP contribution < -0.4 is 16.0 Å². The standard InChI is InChI=1S/C18H14BrN3O3/c1-2-9-25-16-8-7-12(10-14(16)19)11-20-22-17(23)13-5-3-4-6-15(13)21-18(22)24/h2-8,10-11H,1,9H2,(H,21,24). The minimum atomic E-state index is -0.593. The number of nitrogens with one attached hydrogen (secondary N) is 1. The molecule has 2 aromatic carbocycles. The summed E-state index contributed by atoms with van der Waals surface area (Å²) < 4.78 is 7.01. The SMILES string of the molecule is C=CCOc1ccc(C=Nn2c(=O)[nH]c3ccccc3c2=O)cc1Br. The van der Waals surface area contributed by atoms with E-state index < -0.39 is 11.2 Å². The Kier molecular flexibility index (Phi) is 4.95. The number of fused-ring (bicyclic) bond motifs is 1. The second-order valence-corrected chi connectivity index (χ2v) is 5.98. The van der Waals surface area contributed by atoms with Gasteiger partial charge >= 0.3 is 5.69 Å². The summed E-state index contributed by atoms with van der Waals surface area (Å²) in [4.78, 5) is 27.1. The van der Waals surface area contributed by atoms with E-state index in [1.54, 1.807) is 48.5 Å². The van der Waals surface area contributed by atoms with Crippen molar-refractivity contribution in [2.45, 2.75) is 0 Å². The van der Waals surface area contributed by atoms with Crippen LogP contribution in [0.15, 0.2) is 74.3 Å². The van der Waals surface area contributed by atoms with E-state index >= 15 is 0 Å². The van der Waals surface area contributed by atoms with Gasteiger partial charge in [-0.25, -0.2) is 4.79 Å². The van der Waals surface area contributed by atoms with Gasteiger partial charge in [-0.3, -0.25) is 4.79 Å². The summed E-state index contributed by atoms with van der Waals surface area (Å²) in [6.45, 7) is 3.99. The molecule has 0 unspecified atom stereocenters. The van der Waals surface area contributed by atoms with Crippen LogP contribution in [0.5, 0.6) is 5.75 Å². The molecule has 0 atom stereocenters. The Morgan fingerprint density at radius 2 is 2.04 bits per heavy atom. The van der Waals surface area contributed by atoms with Crippen molar-refractivity contribution < 1.29 is 4.74 Å². The molecule has 0 aliphatic rings. The van der Waals surface area contributed by atoms with E-state index in [2.05, 4.69) is 32.6 Å². The molecule has 0 aliphatic carbocycles. The summed E-state index contributed by atoms with van der Waals surface area (Å²) in [5, 5.41) is 4.41. The molecule has 25 heavy (non-hydrogen) atoms. The van der Waals surface area contributed by atoms with Gasteiger partial charge in [0.2, 0.25) is 0 Å². The smallest absolute Gasteiger partial charge is 0.349 e. The molecule has 0 saturated carbocycles. The van der Waals surface area contributed by atoms with Crippen LogP contribution in [0.3, 0.4) is 0 Å². The first kappa shape index (κ1) is 16.9. The topological polar surface area (TPSA) is 76.5 Å². The number of benzene rings is 2. The molecule has 126 valence electrons. The molecule has 0 bridgehead atoms. The number of H-pyrrole nitrogens is 1. The van der Waals surface area contributed by atoms with Crippen molar-refractivity contribution in [3.05, 3.63) is 86.0 Å². The van der Waals surface area contributed by atoms with Crippen LogP contribution in [0.25, 0.3) is 10.9 Å². The number of ether oxygens (including phenoxy) is 1. The van der Waals surface area contributed by atoms with Gasteiger partial charge in [-0.15, -0.1) is 4.68 Å². The van der Waals surface area contributed by atoms with Crippen LogP contribution >= 0.6 is 15.9 Å². The molecule has 1 heterocycles. The summed E-state index contributed by atoms with van der Waals surface area (Å²) in [5.41, 5.74) is 0.123. The predicted octanol–water partition coefficient (Wildman–Crippen LogP) is 2.90. The molecule has 0 fully saturated rings. The first-order chi connectivity index (χ1) is 12.1. The molecular formula is C18H14BrN3O3. The number of hydrogen-bond acceptors (Lipinski definition) is 4. The highest BCUT2D eigenvalue weighted by Gasteiger charge is 2.06. The second-order valence-electron chi connectivity index (χ2n) is 5.13. The van der Waals surface area contributed by atoms with Gasteiger partial charge in [0.15, 0.2) is 0 Å². The average Bonchev–Trinajstić information content (AvgIpc) is 2.61. The summed E-state index contributed by atoms with van der Waals surface area (Å²) in [5.74, 6) is 0.665. The highest BCUT2D eigenvalue weighted by atomic mass is 79.9. The van der Waals surface area contributed by atoms with E-state index in [0.717, 1.165) is 9.15 Å². The van der Waals surface area contributed by atoms with E-state index in [-0.39, 0.29) is 0 Å². The van der Waals surface area contributed by atoms with E-state index in [0.29, 0.717) is 28.8 Å². The molecule has 7 heteroatoms. The zero-order chi connectivity index (χ0) is 17.8. The van der Waals surface area contributed by atoms with Crippen molar-refractivity contribution in [3.8, 4) is 5.75 Å². The van der Waals surface area contributed by atoms with Gasteiger partial charge in [0.05, 0.1) is 21.6 Å². The molecule has 0 amide bonds. The molecule has 3 aromatic rings. The number of aromatic nitrogens is 2. The molecule has 1 aromatic heterocycles. The van der Waals surface area contributed by atoms with E-state index in [1.807, 2.05) is 0 Å². The number of nitrogens with zero attached hydrogens (tertiary/aromatic N) is 2. The van der Waals surface area contributed by atoms with Crippen molar-refractivity contribution in [2.24, 2.45) is 5.10 Å². The summed E-state index contributed by atoms with van der Waals surface area (Å²) in [6, 6.07) is 12.1. The normalized spacial score (nSPS) is 11.1. The van der Waals surface area contributed by atoms with Gasteiger partial charge in [0.1, 0.15) is 12.4 Å². The summed E-state index contributed by atoms with van der Waals surface area (Å²) in [6.07, 6.45) is 3.09. The van der Waals surface area contributed by atoms with Crippen molar-refractivity contribution in [1.82, 2.24) is 9.66 Å². The van der Waals surface area contributed by atoms with Crippen LogP contribution in [0.4, 0.5) is 0 Å². The first-order valence-corrected chi connectivity index (χ1v) is 8.21. The Hall–Kier alpha value is -2.93. The lowest BCUT2D eigenvalue weighted by Gasteiger charge is -2.06. The minimum absolute atomic E-state index is 0.397. The van der Waals surface area contributed by atoms with Crippen molar-refractivity contribution in [3.63, 3.8) is 0 Å². The molecule has 0 saturated heterocycles. The zero-order valence-electron chi connectivity index (χ0n) is 13.1. The third kappa shape index (κ3) is 3.61. The Morgan fingerprint density at radius 3 is 2.80 bits per heavy atom. The number of rotatable bonds is 5. The van der Waals surface area contributed by atoms with Gasteiger partial charge < -0.3 is 9.72 Å². The van der Waals surface area contributed by atoms with Gasteiger partial charge in [-0.2, -0.15) is 5.10 Å². The number of halogens is 1. The average molecular weight is 400 g/mol. The maximum atomic E-state index is 12.4. The minimum Gasteiger partial charge on any atom is -0.488 e. The molecule has 3 rings (SSSR count). The monoisotopic (exact) mass is 399 g/mol. The summed E-state index contributed by atoms with van der Waals surface area (Å²) in [7, 11) is 0. The maximum Gasteiger partial charge on any atom is 0.349 e. The third-order valence-electron chi connectivity index (χ3n) is 3.42. The second kappa shape index (κ2) is 7.31. The van der Waals surface area contributed by atoms with Gasteiger partial charge in [0, 0.05) is 0 Å². The number of aromatic amines is 1. The fraction of sp³-hybridized carbons (Fsp3) is 0.0556. The quantitative estimate of drug-likeness (QED) is 0.529. The number of hydrogen-bond donors (Lipinski definition) is 1.